The van der Waals surface area contributed by atoms with Gasteiger partial charge >= 0.3 is 0 Å². The first-order valence-electron chi connectivity index (χ1n) is 6.11. The van der Waals surface area contributed by atoms with E-state index in [9.17, 15) is 4.79 Å². The van der Waals surface area contributed by atoms with Crippen LogP contribution in [0, 0.1) is 0 Å². The van der Waals surface area contributed by atoms with Gasteiger partial charge in [0.05, 0.1) is 17.1 Å². The molecule has 3 rings (SSSR count). The van der Waals surface area contributed by atoms with Gasteiger partial charge in [-0.3, -0.25) is 4.79 Å². The third kappa shape index (κ3) is 3.34. The number of hydrogen-bond donors (Lipinski definition) is 2. The van der Waals surface area contributed by atoms with Crippen LogP contribution in [0.1, 0.15) is 10.6 Å². The van der Waals surface area contributed by atoms with Crippen LogP contribution in [-0.2, 0) is 11.2 Å². The first-order chi connectivity index (χ1) is 10.6. The second-order valence-corrected chi connectivity index (χ2v) is 6.19. The maximum absolute atomic E-state index is 11.7. The first kappa shape index (κ1) is 14.7. The number of carbonyl (C=O) groups is 1. The Hall–Kier alpha value is -2.20. The van der Waals surface area contributed by atoms with Crippen molar-refractivity contribution in [3.8, 4) is 11.5 Å². The van der Waals surface area contributed by atoms with Crippen LogP contribution in [0.4, 0.5) is 5.13 Å². The number of nitrogens with zero attached hydrogens (tertiary/aromatic N) is 3. The fraction of sp³-hybridized carbons (Fsp3) is 0.167. The Morgan fingerprint density at radius 1 is 1.50 bits per heavy atom. The van der Waals surface area contributed by atoms with Gasteiger partial charge in [-0.25, -0.2) is 5.43 Å². The highest BCUT2D eigenvalue weighted by Gasteiger charge is 2.17. The van der Waals surface area contributed by atoms with Crippen LogP contribution in [0.25, 0.3) is 0 Å². The summed E-state index contributed by atoms with van der Waals surface area (Å²) in [7, 11) is 0. The molecular weight excluding hydrogens is 374 g/mol. The largest absolute Gasteiger partial charge is 0.454 e. The summed E-state index contributed by atoms with van der Waals surface area (Å²) in [5.41, 5.74) is 8.62. The van der Waals surface area contributed by atoms with Gasteiger partial charge in [-0.15, -0.1) is 10.2 Å². The number of amides is 1. The average Bonchev–Trinajstić information content (AvgIpc) is 3.08. The van der Waals surface area contributed by atoms with Crippen molar-refractivity contribution >= 4 is 44.5 Å². The molecule has 0 bridgehead atoms. The van der Waals surface area contributed by atoms with Gasteiger partial charge in [0.15, 0.2) is 11.5 Å². The molecule has 0 radical (unpaired) electrons. The molecule has 1 aliphatic rings. The van der Waals surface area contributed by atoms with Crippen LogP contribution >= 0.6 is 27.3 Å². The minimum absolute atomic E-state index is 0.0804. The minimum Gasteiger partial charge on any atom is -0.454 e. The number of nitrogens with one attached hydrogen (secondary N) is 1. The van der Waals surface area contributed by atoms with E-state index in [1.165, 1.54) is 17.6 Å². The number of fused-ring (bicyclic) bond motifs is 1. The summed E-state index contributed by atoms with van der Waals surface area (Å²) in [6, 6.07) is 3.59. The number of aromatic nitrogens is 2. The molecule has 114 valence electrons. The maximum atomic E-state index is 11.7. The van der Waals surface area contributed by atoms with Crippen molar-refractivity contribution in [3.05, 3.63) is 27.2 Å². The lowest BCUT2D eigenvalue weighted by Gasteiger charge is -2.01. The molecule has 2 aromatic rings. The van der Waals surface area contributed by atoms with Crippen LogP contribution in [-0.4, -0.2) is 29.1 Å². The van der Waals surface area contributed by atoms with Crippen LogP contribution in [0.2, 0.25) is 0 Å². The van der Waals surface area contributed by atoms with Crippen molar-refractivity contribution in [3.63, 3.8) is 0 Å². The van der Waals surface area contributed by atoms with Crippen molar-refractivity contribution in [2.24, 2.45) is 5.10 Å². The number of benzene rings is 1. The van der Waals surface area contributed by atoms with Crippen LogP contribution in [0.5, 0.6) is 11.5 Å². The fourth-order valence-corrected chi connectivity index (χ4v) is 2.94. The Morgan fingerprint density at radius 3 is 3.14 bits per heavy atom. The molecule has 0 unspecified atom stereocenters. The van der Waals surface area contributed by atoms with Crippen molar-refractivity contribution in [1.82, 2.24) is 15.6 Å². The van der Waals surface area contributed by atoms with E-state index in [1.54, 1.807) is 6.07 Å². The highest BCUT2D eigenvalue weighted by molar-refractivity contribution is 9.10. The number of nitrogens with two attached hydrogens (primary N) is 1. The standard InChI is InChI=1S/C12H10BrN5O3S/c13-7-1-6(2-8-11(7)21-5-20-8)4-15-16-9(19)3-10-17-18-12(14)22-10/h1-2,4H,3,5H2,(H2,14,18)(H,16,19)/b15-4+. The third-order valence-corrected chi connectivity index (χ3v) is 3.99. The number of carbonyl (C=O) groups excluding carboxylic acids is 1. The number of hydrogen-bond acceptors (Lipinski definition) is 8. The second-order valence-electron chi connectivity index (χ2n) is 4.24. The minimum atomic E-state index is -0.299. The lowest BCUT2D eigenvalue weighted by molar-refractivity contribution is -0.120. The molecule has 0 atom stereocenters. The Labute approximate surface area is 137 Å². The summed E-state index contributed by atoms with van der Waals surface area (Å²) in [6.45, 7) is 0.191. The van der Waals surface area contributed by atoms with Crippen LogP contribution in [0.3, 0.4) is 0 Å². The van der Waals surface area contributed by atoms with Crippen molar-refractivity contribution in [2.75, 3.05) is 12.5 Å². The van der Waals surface area contributed by atoms with E-state index in [-0.39, 0.29) is 19.1 Å². The summed E-state index contributed by atoms with van der Waals surface area (Å²) >= 11 is 4.55. The molecule has 2 heterocycles. The molecule has 1 amide bonds. The predicted molar refractivity (Wildman–Crippen MR) is 84.0 cm³/mol. The molecule has 10 heteroatoms. The summed E-state index contributed by atoms with van der Waals surface area (Å²) in [5, 5.41) is 12.2. The predicted octanol–water partition coefficient (Wildman–Crippen LogP) is 1.30. The molecule has 1 aromatic heterocycles. The molecule has 0 fully saturated rings. The molecule has 1 aromatic carbocycles. The zero-order valence-electron chi connectivity index (χ0n) is 11.1. The van der Waals surface area contributed by atoms with E-state index in [0.717, 1.165) is 10.0 Å². The SMILES string of the molecule is Nc1nnc(CC(=O)N/N=C/c2cc(Br)c3c(c2)OCO3)s1. The third-order valence-electron chi connectivity index (χ3n) is 2.65. The van der Waals surface area contributed by atoms with Gasteiger partial charge in [-0.1, -0.05) is 11.3 Å². The number of nitrogen functional groups attached to an aromatic ring is 1. The van der Waals surface area contributed by atoms with Gasteiger partial charge < -0.3 is 15.2 Å². The summed E-state index contributed by atoms with van der Waals surface area (Å²) in [6.07, 6.45) is 1.59. The number of halogens is 1. The zero-order valence-corrected chi connectivity index (χ0v) is 13.5. The van der Waals surface area contributed by atoms with E-state index in [2.05, 4.69) is 36.7 Å². The molecule has 22 heavy (non-hydrogen) atoms. The van der Waals surface area contributed by atoms with E-state index in [0.29, 0.717) is 21.6 Å². The molecule has 0 saturated heterocycles. The van der Waals surface area contributed by atoms with E-state index in [1.807, 2.05) is 6.07 Å². The van der Waals surface area contributed by atoms with Crippen molar-refractivity contribution in [2.45, 2.75) is 6.42 Å². The monoisotopic (exact) mass is 383 g/mol. The highest BCUT2D eigenvalue weighted by Crippen LogP contribution is 2.39. The van der Waals surface area contributed by atoms with Gasteiger partial charge in [0, 0.05) is 0 Å². The van der Waals surface area contributed by atoms with Gasteiger partial charge in [-0.05, 0) is 33.6 Å². The molecule has 0 spiro atoms. The van der Waals surface area contributed by atoms with Gasteiger partial charge in [0.25, 0.3) is 0 Å². The molecule has 1 aliphatic heterocycles. The topological polar surface area (TPSA) is 112 Å². The Bertz CT molecular complexity index is 748. The molecule has 0 aliphatic carbocycles. The van der Waals surface area contributed by atoms with Crippen molar-refractivity contribution in [1.29, 1.82) is 0 Å². The van der Waals surface area contributed by atoms with E-state index < -0.39 is 0 Å². The number of anilines is 1. The fourth-order valence-electron chi connectivity index (χ4n) is 1.76. The van der Waals surface area contributed by atoms with E-state index in [4.69, 9.17) is 15.2 Å². The number of rotatable bonds is 4. The normalized spacial score (nSPS) is 12.8. The van der Waals surface area contributed by atoms with Crippen LogP contribution in [0.15, 0.2) is 21.7 Å². The van der Waals surface area contributed by atoms with Gasteiger partial charge in [0.2, 0.25) is 17.8 Å². The Kier molecular flexibility index (Phi) is 4.20. The molecule has 0 saturated carbocycles. The summed E-state index contributed by atoms with van der Waals surface area (Å²) < 4.78 is 11.4. The summed E-state index contributed by atoms with van der Waals surface area (Å²) in [5.74, 6) is 0.994. The van der Waals surface area contributed by atoms with Gasteiger partial charge in [0.1, 0.15) is 5.01 Å². The molecular formula is C12H10BrN5O3S. The quantitative estimate of drug-likeness (QED) is 0.607. The maximum Gasteiger partial charge on any atom is 0.247 e. The van der Waals surface area contributed by atoms with E-state index >= 15 is 0 Å². The van der Waals surface area contributed by atoms with Crippen molar-refractivity contribution < 1.29 is 14.3 Å². The van der Waals surface area contributed by atoms with Gasteiger partial charge in [-0.2, -0.15) is 5.10 Å². The lowest BCUT2D eigenvalue weighted by Crippen LogP contribution is -2.19. The second kappa shape index (κ2) is 6.28. The average molecular weight is 384 g/mol. The molecule has 3 N–H and O–H groups in total. The summed E-state index contributed by atoms with van der Waals surface area (Å²) in [4.78, 5) is 11.7. The highest BCUT2D eigenvalue weighted by atomic mass is 79.9. The number of hydrazone groups is 1. The smallest absolute Gasteiger partial charge is 0.247 e. The first-order valence-corrected chi connectivity index (χ1v) is 7.71. The Morgan fingerprint density at radius 2 is 2.36 bits per heavy atom. The lowest BCUT2D eigenvalue weighted by atomic mass is 10.2. The number of ether oxygens (including phenoxy) is 2. The van der Waals surface area contributed by atoms with Crippen LogP contribution < -0.4 is 20.6 Å². The molecule has 8 nitrogen and oxygen atoms in total. The Balaban J connectivity index is 1.60. The zero-order chi connectivity index (χ0) is 15.5.